The summed E-state index contributed by atoms with van der Waals surface area (Å²) in [5, 5.41) is 11.4. The van der Waals surface area contributed by atoms with Crippen molar-refractivity contribution in [3.63, 3.8) is 0 Å². The van der Waals surface area contributed by atoms with Crippen molar-refractivity contribution in [1.82, 2.24) is 29.9 Å². The fourth-order valence-corrected chi connectivity index (χ4v) is 2.94. The van der Waals surface area contributed by atoms with Crippen LogP contribution in [0.1, 0.15) is 21.6 Å². The number of amides is 1. The topological polar surface area (TPSA) is 86.9 Å². The van der Waals surface area contributed by atoms with Crippen molar-refractivity contribution in [2.45, 2.75) is 13.1 Å². The van der Waals surface area contributed by atoms with Crippen LogP contribution in [0.3, 0.4) is 0 Å². The summed E-state index contributed by atoms with van der Waals surface area (Å²) in [6.45, 7) is 1.05. The molecule has 4 rings (SSSR count). The molecule has 0 saturated heterocycles. The summed E-state index contributed by atoms with van der Waals surface area (Å²) in [6, 6.07) is 17.2. The van der Waals surface area contributed by atoms with E-state index in [9.17, 15) is 4.79 Å². The maximum atomic E-state index is 12.5. The van der Waals surface area contributed by atoms with Crippen LogP contribution in [0.2, 0.25) is 0 Å². The Labute approximate surface area is 167 Å². The predicted octanol–water partition coefficient (Wildman–Crippen LogP) is 2.45. The summed E-state index contributed by atoms with van der Waals surface area (Å²) >= 11 is 0. The molecule has 0 spiro atoms. The van der Waals surface area contributed by atoms with Gasteiger partial charge in [-0.05, 0) is 41.5 Å². The van der Waals surface area contributed by atoms with Crippen molar-refractivity contribution in [3.05, 3.63) is 90.3 Å². The average molecular weight is 388 g/mol. The highest BCUT2D eigenvalue weighted by atomic mass is 16.5. The Morgan fingerprint density at radius 1 is 1.10 bits per heavy atom. The van der Waals surface area contributed by atoms with Crippen molar-refractivity contribution in [2.75, 3.05) is 7.11 Å². The van der Waals surface area contributed by atoms with Gasteiger partial charge in [0.2, 0.25) is 0 Å². The first-order valence-electron chi connectivity index (χ1n) is 9.10. The Balaban J connectivity index is 1.38. The highest BCUT2D eigenvalue weighted by Crippen LogP contribution is 2.14. The van der Waals surface area contributed by atoms with Crippen LogP contribution in [-0.2, 0) is 13.1 Å². The second kappa shape index (κ2) is 8.39. The van der Waals surface area contributed by atoms with Crippen LogP contribution in [0.25, 0.3) is 5.69 Å². The molecule has 4 aromatic rings. The first-order valence-corrected chi connectivity index (χ1v) is 9.10. The highest BCUT2D eigenvalue weighted by molar-refractivity contribution is 5.92. The molecular weight excluding hydrogens is 368 g/mol. The Bertz CT molecular complexity index is 1090. The maximum absolute atomic E-state index is 12.5. The zero-order chi connectivity index (χ0) is 20.1. The largest absolute Gasteiger partial charge is 0.497 e. The lowest BCUT2D eigenvalue weighted by molar-refractivity contribution is 0.0945. The van der Waals surface area contributed by atoms with Crippen LogP contribution in [0, 0.1) is 0 Å². The number of benzene rings is 2. The predicted molar refractivity (Wildman–Crippen MR) is 107 cm³/mol. The molecular formula is C21H20N6O2. The SMILES string of the molecule is COc1ccc(-n2ccc(C(=O)NCc3cccc(Cn4cncn4)c3)n2)cc1. The monoisotopic (exact) mass is 388 g/mol. The number of aromatic nitrogens is 5. The second-order valence-electron chi connectivity index (χ2n) is 6.44. The van der Waals surface area contributed by atoms with E-state index in [1.54, 1.807) is 35.1 Å². The third kappa shape index (κ3) is 4.49. The molecule has 2 aromatic carbocycles. The van der Waals surface area contributed by atoms with Crippen molar-refractivity contribution in [1.29, 1.82) is 0 Å². The van der Waals surface area contributed by atoms with Crippen LogP contribution in [0.5, 0.6) is 5.75 Å². The van der Waals surface area contributed by atoms with Gasteiger partial charge in [0.1, 0.15) is 18.4 Å². The molecule has 29 heavy (non-hydrogen) atoms. The molecule has 1 N–H and O–H groups in total. The number of rotatable bonds is 7. The number of nitrogens with zero attached hydrogens (tertiary/aromatic N) is 5. The van der Waals surface area contributed by atoms with Gasteiger partial charge in [-0.2, -0.15) is 10.2 Å². The summed E-state index contributed by atoms with van der Waals surface area (Å²) in [6.07, 6.45) is 4.94. The zero-order valence-corrected chi connectivity index (χ0v) is 15.9. The number of carbonyl (C=O) groups excluding carboxylic acids is 1. The summed E-state index contributed by atoms with van der Waals surface area (Å²) in [5.41, 5.74) is 3.31. The van der Waals surface area contributed by atoms with Gasteiger partial charge < -0.3 is 10.1 Å². The van der Waals surface area contributed by atoms with Crippen LogP contribution < -0.4 is 10.1 Å². The number of ether oxygens (including phenoxy) is 1. The van der Waals surface area contributed by atoms with Crippen molar-refractivity contribution < 1.29 is 9.53 Å². The summed E-state index contributed by atoms with van der Waals surface area (Å²) in [4.78, 5) is 16.4. The molecule has 0 fully saturated rings. The minimum absolute atomic E-state index is 0.223. The normalized spacial score (nSPS) is 10.7. The van der Waals surface area contributed by atoms with Gasteiger partial charge in [-0.25, -0.2) is 14.3 Å². The van der Waals surface area contributed by atoms with Crippen molar-refractivity contribution in [3.8, 4) is 11.4 Å². The second-order valence-corrected chi connectivity index (χ2v) is 6.44. The van der Waals surface area contributed by atoms with E-state index in [4.69, 9.17) is 4.74 Å². The van der Waals surface area contributed by atoms with Crippen LogP contribution in [0.15, 0.2) is 73.4 Å². The molecule has 0 atom stereocenters. The van der Waals surface area contributed by atoms with Crippen LogP contribution >= 0.6 is 0 Å². The molecule has 1 amide bonds. The lowest BCUT2D eigenvalue weighted by atomic mass is 10.1. The van der Waals surface area contributed by atoms with Gasteiger partial charge in [-0.1, -0.05) is 24.3 Å². The molecule has 8 heteroatoms. The van der Waals surface area contributed by atoms with Crippen LogP contribution in [0.4, 0.5) is 0 Å². The van der Waals surface area contributed by atoms with Crippen molar-refractivity contribution in [2.24, 2.45) is 0 Å². The summed E-state index contributed by atoms with van der Waals surface area (Å²) < 4.78 is 8.57. The van der Waals surface area contributed by atoms with Gasteiger partial charge >= 0.3 is 0 Å². The molecule has 2 aromatic heterocycles. The van der Waals surface area contributed by atoms with Crippen molar-refractivity contribution >= 4 is 5.91 Å². The van der Waals surface area contributed by atoms with Gasteiger partial charge in [0, 0.05) is 12.7 Å². The molecule has 0 radical (unpaired) electrons. The van der Waals surface area contributed by atoms with E-state index in [0.29, 0.717) is 18.8 Å². The number of hydrogen-bond acceptors (Lipinski definition) is 5. The number of hydrogen-bond donors (Lipinski definition) is 1. The number of carbonyl (C=O) groups is 1. The van der Waals surface area contributed by atoms with E-state index >= 15 is 0 Å². The fourth-order valence-electron chi connectivity index (χ4n) is 2.94. The third-order valence-corrected chi connectivity index (χ3v) is 4.41. The molecule has 146 valence electrons. The highest BCUT2D eigenvalue weighted by Gasteiger charge is 2.10. The van der Waals surface area contributed by atoms with Gasteiger partial charge in [0.25, 0.3) is 5.91 Å². The zero-order valence-electron chi connectivity index (χ0n) is 15.9. The summed E-state index contributed by atoms with van der Waals surface area (Å²) in [7, 11) is 1.62. The molecule has 8 nitrogen and oxygen atoms in total. The number of nitrogens with one attached hydrogen (secondary N) is 1. The quantitative estimate of drug-likeness (QED) is 0.526. The Morgan fingerprint density at radius 3 is 2.69 bits per heavy atom. The lowest BCUT2D eigenvalue weighted by Crippen LogP contribution is -2.23. The Hall–Kier alpha value is -3.94. The van der Waals surface area contributed by atoms with E-state index in [2.05, 4.69) is 20.5 Å². The maximum Gasteiger partial charge on any atom is 0.272 e. The van der Waals surface area contributed by atoms with Gasteiger partial charge in [0.15, 0.2) is 5.69 Å². The molecule has 0 aliphatic heterocycles. The molecule has 0 saturated carbocycles. The minimum atomic E-state index is -0.223. The van der Waals surface area contributed by atoms with Gasteiger partial charge in [-0.3, -0.25) is 4.79 Å². The average Bonchev–Trinajstić information content (AvgIpc) is 3.45. The lowest BCUT2D eigenvalue weighted by Gasteiger charge is -2.07. The standard InChI is InChI=1S/C21H20N6O2/c1-29-19-7-5-18(6-8-19)27-10-9-20(25-27)21(28)23-12-16-3-2-4-17(11-16)13-26-15-22-14-24-26/h2-11,14-15H,12-13H2,1H3,(H,23,28). The Morgan fingerprint density at radius 2 is 1.93 bits per heavy atom. The van der Waals surface area contributed by atoms with Crippen LogP contribution in [-0.4, -0.2) is 37.6 Å². The van der Waals surface area contributed by atoms with Gasteiger partial charge in [-0.15, -0.1) is 0 Å². The Kier molecular flexibility index (Phi) is 5.33. The molecule has 0 aliphatic rings. The van der Waals surface area contributed by atoms with E-state index in [1.165, 1.54) is 6.33 Å². The summed E-state index contributed by atoms with van der Waals surface area (Å²) in [5.74, 6) is 0.545. The fraction of sp³-hybridized carbons (Fsp3) is 0.143. The molecule has 0 unspecified atom stereocenters. The van der Waals surface area contributed by atoms with E-state index < -0.39 is 0 Å². The van der Waals surface area contributed by atoms with E-state index in [-0.39, 0.29) is 5.91 Å². The van der Waals surface area contributed by atoms with Gasteiger partial charge in [0.05, 0.1) is 19.3 Å². The first-order chi connectivity index (χ1) is 14.2. The van der Waals surface area contributed by atoms with E-state index in [1.807, 2.05) is 48.5 Å². The number of methoxy groups -OCH3 is 1. The first kappa shape index (κ1) is 18.4. The third-order valence-electron chi connectivity index (χ3n) is 4.41. The molecule has 2 heterocycles. The van der Waals surface area contributed by atoms with E-state index in [0.717, 1.165) is 22.6 Å². The molecule has 0 aliphatic carbocycles. The smallest absolute Gasteiger partial charge is 0.272 e. The molecule has 0 bridgehead atoms. The minimum Gasteiger partial charge on any atom is -0.497 e.